The molecule has 34 valence electrons. The van der Waals surface area contributed by atoms with Crippen LogP contribution in [0.5, 0.6) is 0 Å². The summed E-state index contributed by atoms with van der Waals surface area (Å²) >= 11 is 4.57. The van der Waals surface area contributed by atoms with E-state index in [1.165, 1.54) is 6.40 Å². The van der Waals surface area contributed by atoms with Crippen LogP contribution in [0, 0.1) is 0 Å². The van der Waals surface area contributed by atoms with Crippen LogP contribution in [-0.4, -0.2) is 6.40 Å². The van der Waals surface area contributed by atoms with Crippen molar-refractivity contribution in [3.05, 3.63) is 0 Å². The van der Waals surface area contributed by atoms with Gasteiger partial charge in [-0.15, -0.1) is 5.10 Å². The number of hydrazone groups is 1. The van der Waals surface area contributed by atoms with Crippen LogP contribution in [0.15, 0.2) is 5.10 Å². The van der Waals surface area contributed by atoms with Crippen LogP contribution in [0.3, 0.4) is 0 Å². The van der Waals surface area contributed by atoms with Gasteiger partial charge in [-0.05, 0) is 0 Å². The summed E-state index contributed by atoms with van der Waals surface area (Å²) in [6, 6.07) is 0. The van der Waals surface area contributed by atoms with Crippen LogP contribution in [0.25, 0.3) is 0 Å². The lowest BCUT2D eigenvalue weighted by atomic mass is 11.5. The van der Waals surface area contributed by atoms with Crippen molar-refractivity contribution in [2.45, 2.75) is 0 Å². The SMILES string of the molecule is S=S1NN=CO1. The second kappa shape index (κ2) is 1.53. The van der Waals surface area contributed by atoms with Gasteiger partial charge in [-0.1, -0.05) is 0 Å². The second-order valence-electron chi connectivity index (χ2n) is 0.657. The Morgan fingerprint density at radius 2 is 2.83 bits per heavy atom. The molecule has 6 heavy (non-hydrogen) atoms. The first-order valence-corrected chi connectivity index (χ1v) is 3.33. The van der Waals surface area contributed by atoms with Crippen LogP contribution in [0.2, 0.25) is 0 Å². The molecule has 0 radical (unpaired) electrons. The van der Waals surface area contributed by atoms with Gasteiger partial charge in [0.1, 0.15) is 0 Å². The lowest BCUT2D eigenvalue weighted by Crippen LogP contribution is -2.00. The van der Waals surface area contributed by atoms with Crippen LogP contribution in [0.4, 0.5) is 0 Å². The molecule has 0 aromatic heterocycles. The van der Waals surface area contributed by atoms with Crippen LogP contribution < -0.4 is 4.83 Å². The lowest BCUT2D eigenvalue weighted by Gasteiger charge is -1.84. The van der Waals surface area contributed by atoms with Gasteiger partial charge in [0.05, 0.1) is 0 Å². The van der Waals surface area contributed by atoms with Gasteiger partial charge < -0.3 is 4.18 Å². The number of nitrogens with one attached hydrogen (secondary N) is 1. The predicted molar refractivity (Wildman–Crippen MR) is 27.4 cm³/mol. The maximum absolute atomic E-state index is 4.59. The highest BCUT2D eigenvalue weighted by Gasteiger charge is 1.92. The van der Waals surface area contributed by atoms with Crippen molar-refractivity contribution in [1.29, 1.82) is 0 Å². The zero-order valence-corrected chi connectivity index (χ0v) is 4.38. The minimum absolute atomic E-state index is 0.562. The molecule has 5 heteroatoms. The molecule has 0 saturated heterocycles. The van der Waals surface area contributed by atoms with Crippen molar-refractivity contribution < 1.29 is 4.18 Å². The zero-order valence-electron chi connectivity index (χ0n) is 2.75. The van der Waals surface area contributed by atoms with Crippen molar-refractivity contribution in [3.8, 4) is 0 Å². The Bertz CT molecular complexity index is 89.7. The van der Waals surface area contributed by atoms with Crippen LogP contribution in [0.1, 0.15) is 0 Å². The number of rotatable bonds is 0. The van der Waals surface area contributed by atoms with Gasteiger partial charge in [0.25, 0.3) is 0 Å². The number of hydrogen-bond donors (Lipinski definition) is 1. The molecule has 0 bridgehead atoms. The Balaban J connectivity index is 2.52. The summed E-state index contributed by atoms with van der Waals surface area (Å²) < 4.78 is 4.59. The first-order valence-electron chi connectivity index (χ1n) is 1.25. The topological polar surface area (TPSA) is 33.6 Å². The van der Waals surface area contributed by atoms with Crippen LogP contribution >= 0.6 is 0 Å². The number of nitrogens with zero attached hydrogens (tertiary/aromatic N) is 1. The van der Waals surface area contributed by atoms with E-state index in [9.17, 15) is 0 Å². The van der Waals surface area contributed by atoms with Gasteiger partial charge in [-0.25, -0.2) is 4.83 Å². The summed E-state index contributed by atoms with van der Waals surface area (Å²) in [5.74, 6) is 0. The minimum Gasteiger partial charge on any atom is -0.390 e. The van der Waals surface area contributed by atoms with Crippen molar-refractivity contribution in [2.24, 2.45) is 5.10 Å². The van der Waals surface area contributed by atoms with Crippen molar-refractivity contribution in [3.63, 3.8) is 0 Å². The molecule has 1 aliphatic heterocycles. The molecule has 1 aliphatic rings. The minimum atomic E-state index is -0.562. The first-order chi connectivity index (χ1) is 2.89. The molecule has 1 heterocycles. The quantitative estimate of drug-likeness (QED) is 0.468. The van der Waals surface area contributed by atoms with E-state index in [1.54, 1.807) is 0 Å². The third-order valence-corrected chi connectivity index (χ3v) is 1.29. The Morgan fingerprint density at radius 1 is 2.00 bits per heavy atom. The second-order valence-corrected chi connectivity index (χ2v) is 2.41. The van der Waals surface area contributed by atoms with E-state index in [0.29, 0.717) is 0 Å². The predicted octanol–water partition coefficient (Wildman–Crippen LogP) is -0.540. The zero-order chi connectivity index (χ0) is 4.41. The Labute approximate surface area is 42.3 Å². The average molecular weight is 122 g/mol. The van der Waals surface area contributed by atoms with Gasteiger partial charge in [0.2, 0.25) is 6.40 Å². The molecular weight excluding hydrogens is 120 g/mol. The fraction of sp³-hybridized carbons (Fsp3) is 0. The van der Waals surface area contributed by atoms with Gasteiger partial charge in [-0.2, -0.15) is 0 Å². The normalized spacial score (nSPS) is 29.0. The average Bonchev–Trinajstić information content (AvgIpc) is 1.86. The fourth-order valence-electron chi connectivity index (χ4n) is 0.147. The summed E-state index contributed by atoms with van der Waals surface area (Å²) in [5.41, 5.74) is 0. The molecule has 1 rings (SSSR count). The number of hydrogen-bond acceptors (Lipinski definition) is 3. The Morgan fingerprint density at radius 3 is 3.00 bits per heavy atom. The molecule has 1 unspecified atom stereocenters. The highest BCUT2D eigenvalue weighted by atomic mass is 32.8. The molecule has 0 aliphatic carbocycles. The van der Waals surface area contributed by atoms with Gasteiger partial charge in [0.15, 0.2) is 9.92 Å². The Kier molecular flexibility index (Phi) is 1.02. The summed E-state index contributed by atoms with van der Waals surface area (Å²) in [7, 11) is -0.562. The van der Waals surface area contributed by atoms with Gasteiger partial charge in [0, 0.05) is 11.2 Å². The molecule has 0 amide bonds. The van der Waals surface area contributed by atoms with Gasteiger partial charge >= 0.3 is 0 Å². The van der Waals surface area contributed by atoms with E-state index in [-0.39, 0.29) is 0 Å². The van der Waals surface area contributed by atoms with E-state index in [4.69, 9.17) is 0 Å². The molecule has 0 spiro atoms. The molecule has 0 fully saturated rings. The van der Waals surface area contributed by atoms with E-state index >= 15 is 0 Å². The van der Waals surface area contributed by atoms with Crippen LogP contribution in [-0.2, 0) is 25.3 Å². The molecule has 0 saturated carbocycles. The highest BCUT2D eigenvalue weighted by Crippen LogP contribution is 1.82. The third kappa shape index (κ3) is 0.662. The van der Waals surface area contributed by atoms with E-state index in [0.717, 1.165) is 0 Å². The maximum atomic E-state index is 4.59. The van der Waals surface area contributed by atoms with E-state index in [2.05, 4.69) is 25.3 Å². The van der Waals surface area contributed by atoms with Crippen molar-refractivity contribution in [1.82, 2.24) is 4.83 Å². The summed E-state index contributed by atoms with van der Waals surface area (Å²) in [6.45, 7) is 0. The standard InChI is InChI=1S/CH2N2OS2/c5-6-3-2-1-4-6/h1,3H. The summed E-state index contributed by atoms with van der Waals surface area (Å²) in [4.78, 5) is 2.51. The van der Waals surface area contributed by atoms with E-state index < -0.39 is 9.92 Å². The van der Waals surface area contributed by atoms with E-state index in [1.807, 2.05) is 0 Å². The molecule has 1 atom stereocenters. The molecule has 0 aromatic carbocycles. The molecular formula is CH2N2OS2. The van der Waals surface area contributed by atoms with Crippen molar-refractivity contribution >= 4 is 27.5 Å². The largest absolute Gasteiger partial charge is 0.390 e. The molecule has 1 N–H and O–H groups in total. The van der Waals surface area contributed by atoms with Crippen molar-refractivity contribution in [2.75, 3.05) is 0 Å². The summed E-state index contributed by atoms with van der Waals surface area (Å²) in [6.07, 6.45) is 1.30. The Hall–Kier alpha value is -0.160. The van der Waals surface area contributed by atoms with Gasteiger partial charge in [-0.3, -0.25) is 0 Å². The molecule has 0 aromatic rings. The first kappa shape index (κ1) is 4.01. The molecule has 3 nitrogen and oxygen atoms in total. The maximum Gasteiger partial charge on any atom is 0.212 e. The summed E-state index contributed by atoms with van der Waals surface area (Å²) in [5, 5.41) is 3.48. The lowest BCUT2D eigenvalue weighted by molar-refractivity contribution is 0.683. The third-order valence-electron chi connectivity index (χ3n) is 0.310. The monoisotopic (exact) mass is 122 g/mol. The smallest absolute Gasteiger partial charge is 0.212 e. The highest BCUT2D eigenvalue weighted by molar-refractivity contribution is 8.25. The fourth-order valence-corrected chi connectivity index (χ4v) is 0.675.